The third-order valence-corrected chi connectivity index (χ3v) is 5.71. The smallest absolute Gasteiger partial charge is 0.481 e. The second-order valence-electron chi connectivity index (χ2n) is 8.38. The van der Waals surface area contributed by atoms with Crippen molar-refractivity contribution < 1.29 is 55.6 Å². The molecule has 0 aromatic carbocycles. The van der Waals surface area contributed by atoms with E-state index in [1.165, 1.54) is 24.9 Å². The Hall–Kier alpha value is -2.65. The second-order valence-corrected chi connectivity index (χ2v) is 8.38. The maximum atomic E-state index is 10.6. The molecular weight excluding hydrogens is 504 g/mol. The number of piperidine rings is 1. The van der Waals surface area contributed by atoms with E-state index < -0.39 is 24.3 Å². The molecule has 3 heterocycles. The van der Waals surface area contributed by atoms with Crippen molar-refractivity contribution >= 4 is 11.9 Å². The van der Waals surface area contributed by atoms with Gasteiger partial charge in [0.05, 0.1) is 7.11 Å². The van der Waals surface area contributed by atoms with Gasteiger partial charge in [-0.15, -0.1) is 0 Å². The number of rotatable bonds is 5. The summed E-state index contributed by atoms with van der Waals surface area (Å²) in [6.07, 6.45) is -5.88. The molecule has 2 N–H and O–H groups in total. The molecule has 0 saturated carbocycles. The number of carboxylic acids is 2. The fourth-order valence-electron chi connectivity index (χ4n) is 4.02. The van der Waals surface area contributed by atoms with Gasteiger partial charge in [0, 0.05) is 50.7 Å². The minimum Gasteiger partial charge on any atom is -0.481 e. The van der Waals surface area contributed by atoms with Crippen molar-refractivity contribution in [3.8, 4) is 5.88 Å². The molecule has 206 valence electrons. The molecule has 9 nitrogen and oxygen atoms in total. The Labute approximate surface area is 203 Å². The molecule has 15 heteroatoms. The Kier molecular flexibility index (Phi) is 11.4. The highest BCUT2D eigenvalue weighted by atomic mass is 19.4. The van der Waals surface area contributed by atoms with Crippen LogP contribution in [0.3, 0.4) is 0 Å². The van der Waals surface area contributed by atoms with Gasteiger partial charge in [0.25, 0.3) is 0 Å². The third-order valence-electron chi connectivity index (χ3n) is 5.71. The topological polar surface area (TPSA) is 112 Å². The second kappa shape index (κ2) is 13.1. The Bertz CT molecular complexity index is 837. The number of pyridine rings is 1. The molecule has 1 unspecified atom stereocenters. The summed E-state index contributed by atoms with van der Waals surface area (Å²) in [5.74, 6) is -4.06. The van der Waals surface area contributed by atoms with Crippen molar-refractivity contribution in [3.63, 3.8) is 0 Å². The standard InChI is InChI=1S/C17H27N3O2.2C2HF3O2/c1-19-8-6-14(11-21-2)9-17(19)12-20(13-17)10-15-5-4-7-18-16(15)22-3;2*3-2(4,5)1(6)7/h4-5,7,14H,6,8-13H2,1-3H3;2*(H,6,7). The number of aliphatic carboxylic acids is 2. The maximum Gasteiger partial charge on any atom is 0.490 e. The van der Waals surface area contributed by atoms with Crippen LogP contribution in [0.5, 0.6) is 5.88 Å². The fourth-order valence-corrected chi connectivity index (χ4v) is 4.02. The van der Waals surface area contributed by atoms with Crippen molar-refractivity contribution in [1.82, 2.24) is 14.8 Å². The van der Waals surface area contributed by atoms with Crippen LogP contribution in [0.4, 0.5) is 26.3 Å². The van der Waals surface area contributed by atoms with Gasteiger partial charge in [-0.25, -0.2) is 14.6 Å². The van der Waals surface area contributed by atoms with Gasteiger partial charge in [0.2, 0.25) is 5.88 Å². The normalized spacial score (nSPS) is 19.8. The number of alkyl halides is 6. The number of carboxylic acid groups (broad SMARTS) is 2. The molecule has 1 spiro atoms. The zero-order valence-corrected chi connectivity index (χ0v) is 19.9. The van der Waals surface area contributed by atoms with Crippen LogP contribution >= 0.6 is 0 Å². The lowest BCUT2D eigenvalue weighted by molar-refractivity contribution is -0.193. The van der Waals surface area contributed by atoms with E-state index in [4.69, 9.17) is 29.3 Å². The maximum absolute atomic E-state index is 10.6. The van der Waals surface area contributed by atoms with Gasteiger partial charge < -0.3 is 19.7 Å². The Morgan fingerprint density at radius 3 is 2.08 bits per heavy atom. The summed E-state index contributed by atoms with van der Waals surface area (Å²) in [6.45, 7) is 5.25. The minimum atomic E-state index is -5.08. The zero-order valence-electron chi connectivity index (χ0n) is 19.9. The predicted molar refractivity (Wildman–Crippen MR) is 113 cm³/mol. The van der Waals surface area contributed by atoms with Crippen molar-refractivity contribution in [2.45, 2.75) is 37.3 Å². The summed E-state index contributed by atoms with van der Waals surface area (Å²) in [4.78, 5) is 27.1. The Morgan fingerprint density at radius 2 is 1.64 bits per heavy atom. The molecule has 36 heavy (non-hydrogen) atoms. The minimum absolute atomic E-state index is 0.344. The van der Waals surface area contributed by atoms with Crippen LogP contribution < -0.4 is 4.74 Å². The molecular formula is C21H29F6N3O6. The van der Waals surface area contributed by atoms with Crippen LogP contribution in [-0.4, -0.2) is 102 Å². The highest BCUT2D eigenvalue weighted by Crippen LogP contribution is 2.39. The molecule has 0 radical (unpaired) electrons. The number of hydrogen-bond acceptors (Lipinski definition) is 7. The van der Waals surface area contributed by atoms with Gasteiger partial charge >= 0.3 is 24.3 Å². The van der Waals surface area contributed by atoms with Crippen LogP contribution in [0.15, 0.2) is 18.3 Å². The largest absolute Gasteiger partial charge is 0.490 e. The summed E-state index contributed by atoms with van der Waals surface area (Å²) in [6, 6.07) is 4.09. The summed E-state index contributed by atoms with van der Waals surface area (Å²) in [5.41, 5.74) is 1.52. The van der Waals surface area contributed by atoms with E-state index in [0.29, 0.717) is 11.5 Å². The van der Waals surface area contributed by atoms with Crippen LogP contribution in [0.1, 0.15) is 18.4 Å². The lowest BCUT2D eigenvalue weighted by Gasteiger charge is -2.58. The summed E-state index contributed by atoms with van der Waals surface area (Å²) < 4.78 is 74.2. The number of halogens is 6. The molecule has 0 amide bonds. The number of nitrogens with zero attached hydrogens (tertiary/aromatic N) is 3. The van der Waals surface area contributed by atoms with Gasteiger partial charge in [0.1, 0.15) is 0 Å². The average Bonchev–Trinajstić information content (AvgIpc) is 2.75. The van der Waals surface area contributed by atoms with Crippen LogP contribution in [0.25, 0.3) is 0 Å². The number of methoxy groups -OCH3 is 2. The molecule has 1 atom stereocenters. The van der Waals surface area contributed by atoms with E-state index in [0.717, 1.165) is 32.1 Å². The molecule has 0 bridgehead atoms. The molecule has 2 aliphatic rings. The molecule has 2 saturated heterocycles. The van der Waals surface area contributed by atoms with Gasteiger partial charge in [0.15, 0.2) is 0 Å². The molecule has 1 aromatic rings. The molecule has 1 aromatic heterocycles. The average molecular weight is 533 g/mol. The van der Waals surface area contributed by atoms with Crippen molar-refractivity contribution in [2.24, 2.45) is 5.92 Å². The van der Waals surface area contributed by atoms with Gasteiger partial charge in [-0.05, 0) is 38.4 Å². The van der Waals surface area contributed by atoms with E-state index in [-0.39, 0.29) is 0 Å². The first kappa shape index (κ1) is 31.4. The number of carbonyl (C=O) groups is 2. The number of likely N-dealkylation sites (N-methyl/N-ethyl adjacent to an activating group) is 1. The van der Waals surface area contributed by atoms with E-state index in [1.54, 1.807) is 13.3 Å². The van der Waals surface area contributed by atoms with E-state index in [1.807, 2.05) is 13.2 Å². The monoisotopic (exact) mass is 533 g/mol. The predicted octanol–water partition coefficient (Wildman–Crippen LogP) is 2.90. The molecule has 2 fully saturated rings. The quantitative estimate of drug-likeness (QED) is 0.552. The number of likely N-dealkylation sites (tertiary alicyclic amines) is 2. The molecule has 0 aliphatic carbocycles. The van der Waals surface area contributed by atoms with Gasteiger partial charge in [-0.2, -0.15) is 26.3 Å². The first-order chi connectivity index (χ1) is 16.6. The first-order valence-corrected chi connectivity index (χ1v) is 10.6. The number of aromatic nitrogens is 1. The zero-order chi connectivity index (χ0) is 27.7. The summed E-state index contributed by atoms with van der Waals surface area (Å²) in [7, 11) is 5.77. The first-order valence-electron chi connectivity index (χ1n) is 10.6. The molecule has 2 aliphatic heterocycles. The molecule has 3 rings (SSSR count). The SMILES string of the molecule is COCC1CCN(C)C2(C1)CN(Cc1cccnc1OC)C2.O=C(O)C(F)(F)F.O=C(O)C(F)(F)F. The summed E-state index contributed by atoms with van der Waals surface area (Å²) in [5, 5.41) is 14.2. The van der Waals surface area contributed by atoms with E-state index >= 15 is 0 Å². The highest BCUT2D eigenvalue weighted by Gasteiger charge is 2.49. The van der Waals surface area contributed by atoms with Crippen molar-refractivity contribution in [3.05, 3.63) is 23.9 Å². The fraction of sp³-hybridized carbons (Fsp3) is 0.667. The third kappa shape index (κ3) is 9.43. The number of hydrogen-bond donors (Lipinski definition) is 2. The van der Waals surface area contributed by atoms with Crippen LogP contribution in [0, 0.1) is 5.92 Å². The highest BCUT2D eigenvalue weighted by molar-refractivity contribution is 5.73. The number of ether oxygens (including phenoxy) is 2. The Balaban J connectivity index is 0.000000383. The van der Waals surface area contributed by atoms with Gasteiger partial charge in [-0.1, -0.05) is 6.07 Å². The van der Waals surface area contributed by atoms with E-state index in [9.17, 15) is 26.3 Å². The van der Waals surface area contributed by atoms with E-state index in [2.05, 4.69) is 27.9 Å². The van der Waals surface area contributed by atoms with Crippen LogP contribution in [0.2, 0.25) is 0 Å². The van der Waals surface area contributed by atoms with Crippen molar-refractivity contribution in [1.29, 1.82) is 0 Å². The Morgan fingerprint density at radius 1 is 1.11 bits per heavy atom. The lowest BCUT2D eigenvalue weighted by Crippen LogP contribution is -2.71. The lowest BCUT2D eigenvalue weighted by atomic mass is 9.75. The van der Waals surface area contributed by atoms with Gasteiger partial charge in [-0.3, -0.25) is 9.80 Å². The summed E-state index contributed by atoms with van der Waals surface area (Å²) >= 11 is 0. The van der Waals surface area contributed by atoms with Crippen molar-refractivity contribution in [2.75, 3.05) is 47.5 Å². The van der Waals surface area contributed by atoms with Crippen LogP contribution in [-0.2, 0) is 20.9 Å².